The molecule has 1 aliphatic rings. The molecular weight excluding hydrogens is 270 g/mol. The minimum atomic E-state index is -0.282. The Morgan fingerprint density at radius 1 is 1.52 bits per heavy atom. The van der Waals surface area contributed by atoms with Gasteiger partial charge < -0.3 is 20.1 Å². The zero-order valence-electron chi connectivity index (χ0n) is 13.2. The third-order valence-corrected chi connectivity index (χ3v) is 3.91. The van der Waals surface area contributed by atoms with Gasteiger partial charge in [-0.15, -0.1) is 0 Å². The molecule has 0 spiro atoms. The molecule has 0 radical (unpaired) electrons. The minimum absolute atomic E-state index is 0.0873. The maximum atomic E-state index is 12.1. The standard InChI is InChI=1S/C14H25N5O2/c1-9(2)11(19(3)4)8-16-13(20)12-17-14(21-18-12)10-6-5-7-15-10/h9-11,15H,5-8H2,1-4H3,(H,16,20). The fourth-order valence-corrected chi connectivity index (χ4v) is 2.66. The molecule has 2 N–H and O–H groups in total. The summed E-state index contributed by atoms with van der Waals surface area (Å²) in [7, 11) is 4.02. The van der Waals surface area contributed by atoms with Gasteiger partial charge in [0.25, 0.3) is 11.7 Å². The lowest BCUT2D eigenvalue weighted by molar-refractivity contribution is 0.0921. The number of likely N-dealkylation sites (N-methyl/N-ethyl adjacent to an activating group) is 1. The third-order valence-electron chi connectivity index (χ3n) is 3.91. The number of carbonyl (C=O) groups excluding carboxylic acids is 1. The van der Waals surface area contributed by atoms with Crippen molar-refractivity contribution in [2.45, 2.75) is 38.8 Å². The minimum Gasteiger partial charge on any atom is -0.348 e. The van der Waals surface area contributed by atoms with Gasteiger partial charge in [-0.25, -0.2) is 0 Å². The first kappa shape index (κ1) is 15.9. The monoisotopic (exact) mass is 295 g/mol. The van der Waals surface area contributed by atoms with Crippen LogP contribution in [-0.2, 0) is 0 Å². The zero-order valence-corrected chi connectivity index (χ0v) is 13.2. The number of nitrogens with one attached hydrogen (secondary N) is 2. The van der Waals surface area contributed by atoms with Crippen LogP contribution in [0.5, 0.6) is 0 Å². The molecule has 118 valence electrons. The molecule has 0 bridgehead atoms. The van der Waals surface area contributed by atoms with E-state index in [-0.39, 0.29) is 23.8 Å². The summed E-state index contributed by atoms with van der Waals surface area (Å²) in [6, 6.07) is 0.362. The Morgan fingerprint density at radius 3 is 2.86 bits per heavy atom. The Labute approximate surface area is 125 Å². The van der Waals surface area contributed by atoms with Crippen molar-refractivity contribution < 1.29 is 9.32 Å². The van der Waals surface area contributed by atoms with E-state index >= 15 is 0 Å². The van der Waals surface area contributed by atoms with E-state index in [9.17, 15) is 4.79 Å². The topological polar surface area (TPSA) is 83.3 Å². The molecule has 0 aromatic carbocycles. The number of hydrogen-bond acceptors (Lipinski definition) is 6. The van der Waals surface area contributed by atoms with Gasteiger partial charge in [-0.05, 0) is 39.4 Å². The van der Waals surface area contributed by atoms with Crippen molar-refractivity contribution in [2.24, 2.45) is 5.92 Å². The Bertz CT molecular complexity index is 458. The molecule has 7 nitrogen and oxygen atoms in total. The van der Waals surface area contributed by atoms with Gasteiger partial charge in [0.2, 0.25) is 5.89 Å². The van der Waals surface area contributed by atoms with Crippen LogP contribution in [0.3, 0.4) is 0 Å². The van der Waals surface area contributed by atoms with Crippen molar-refractivity contribution in [3.05, 3.63) is 11.7 Å². The number of aromatic nitrogens is 2. The molecule has 2 heterocycles. The predicted molar refractivity (Wildman–Crippen MR) is 78.9 cm³/mol. The highest BCUT2D eigenvalue weighted by atomic mass is 16.5. The maximum Gasteiger partial charge on any atom is 0.292 e. The SMILES string of the molecule is CC(C)C(CNC(=O)c1noc(C2CCCN2)n1)N(C)C. The Morgan fingerprint density at radius 2 is 2.29 bits per heavy atom. The molecule has 1 aliphatic heterocycles. The molecule has 2 atom stereocenters. The van der Waals surface area contributed by atoms with Crippen LogP contribution >= 0.6 is 0 Å². The van der Waals surface area contributed by atoms with Crippen LogP contribution in [-0.4, -0.2) is 54.2 Å². The average Bonchev–Trinajstić information content (AvgIpc) is 3.08. The van der Waals surface area contributed by atoms with Crippen LogP contribution in [0.15, 0.2) is 4.52 Å². The molecule has 1 aromatic rings. The van der Waals surface area contributed by atoms with Gasteiger partial charge in [0.1, 0.15) is 0 Å². The van der Waals surface area contributed by atoms with E-state index in [4.69, 9.17) is 4.52 Å². The van der Waals surface area contributed by atoms with Gasteiger partial charge in [-0.2, -0.15) is 4.98 Å². The highest BCUT2D eigenvalue weighted by molar-refractivity contribution is 5.90. The number of rotatable bonds is 6. The summed E-state index contributed by atoms with van der Waals surface area (Å²) >= 11 is 0. The normalized spacial score (nSPS) is 20.2. The second-order valence-electron chi connectivity index (χ2n) is 6.09. The lowest BCUT2D eigenvalue weighted by Gasteiger charge is -2.27. The third kappa shape index (κ3) is 4.01. The van der Waals surface area contributed by atoms with Crippen LogP contribution in [0.1, 0.15) is 49.2 Å². The highest BCUT2D eigenvalue weighted by Crippen LogP contribution is 2.20. The molecule has 7 heteroatoms. The first-order chi connectivity index (χ1) is 9.99. The van der Waals surface area contributed by atoms with Crippen molar-refractivity contribution in [2.75, 3.05) is 27.2 Å². The first-order valence-electron chi connectivity index (χ1n) is 7.50. The Balaban J connectivity index is 1.91. The van der Waals surface area contributed by atoms with E-state index in [0.717, 1.165) is 19.4 Å². The summed E-state index contributed by atoms with van der Waals surface area (Å²) in [5.74, 6) is 0.782. The molecular formula is C14H25N5O2. The molecule has 0 saturated carbocycles. The lowest BCUT2D eigenvalue weighted by Crippen LogP contribution is -2.43. The van der Waals surface area contributed by atoms with Crippen LogP contribution in [0.4, 0.5) is 0 Å². The van der Waals surface area contributed by atoms with E-state index in [0.29, 0.717) is 18.4 Å². The maximum absolute atomic E-state index is 12.1. The van der Waals surface area contributed by atoms with E-state index in [1.54, 1.807) is 0 Å². The van der Waals surface area contributed by atoms with Gasteiger partial charge in [0.15, 0.2) is 0 Å². The molecule has 1 aromatic heterocycles. The van der Waals surface area contributed by atoms with Crippen molar-refractivity contribution in [3.8, 4) is 0 Å². The van der Waals surface area contributed by atoms with Gasteiger partial charge in [-0.3, -0.25) is 4.79 Å². The fraction of sp³-hybridized carbons (Fsp3) is 0.786. The van der Waals surface area contributed by atoms with Gasteiger partial charge in [0.05, 0.1) is 6.04 Å². The van der Waals surface area contributed by atoms with Crippen LogP contribution in [0, 0.1) is 5.92 Å². The van der Waals surface area contributed by atoms with Crippen molar-refractivity contribution in [1.82, 2.24) is 25.7 Å². The van der Waals surface area contributed by atoms with E-state index in [1.807, 2.05) is 14.1 Å². The Kier molecular flexibility index (Phi) is 5.30. The average molecular weight is 295 g/mol. The smallest absolute Gasteiger partial charge is 0.292 e. The number of hydrogen-bond donors (Lipinski definition) is 2. The summed E-state index contributed by atoms with van der Waals surface area (Å²) in [5, 5.41) is 9.93. The largest absolute Gasteiger partial charge is 0.348 e. The second kappa shape index (κ2) is 7.00. The van der Waals surface area contributed by atoms with Crippen molar-refractivity contribution in [1.29, 1.82) is 0 Å². The molecule has 2 unspecified atom stereocenters. The number of carbonyl (C=O) groups is 1. The summed E-state index contributed by atoms with van der Waals surface area (Å²) < 4.78 is 5.18. The molecule has 1 amide bonds. The van der Waals surface area contributed by atoms with Gasteiger partial charge in [-0.1, -0.05) is 19.0 Å². The molecule has 1 fully saturated rings. The van der Waals surface area contributed by atoms with Crippen molar-refractivity contribution in [3.63, 3.8) is 0 Å². The van der Waals surface area contributed by atoms with Crippen molar-refractivity contribution >= 4 is 5.91 Å². The molecule has 2 rings (SSSR count). The van der Waals surface area contributed by atoms with Gasteiger partial charge >= 0.3 is 0 Å². The molecule has 21 heavy (non-hydrogen) atoms. The number of nitrogens with zero attached hydrogens (tertiary/aromatic N) is 3. The zero-order chi connectivity index (χ0) is 15.4. The summed E-state index contributed by atoms with van der Waals surface area (Å²) in [6.45, 7) is 5.78. The lowest BCUT2D eigenvalue weighted by atomic mass is 10.0. The highest BCUT2D eigenvalue weighted by Gasteiger charge is 2.25. The van der Waals surface area contributed by atoms with E-state index in [2.05, 4.69) is 39.5 Å². The quantitative estimate of drug-likeness (QED) is 0.808. The van der Waals surface area contributed by atoms with E-state index in [1.165, 1.54) is 0 Å². The summed E-state index contributed by atoms with van der Waals surface area (Å²) in [6.07, 6.45) is 2.06. The molecule has 1 saturated heterocycles. The predicted octanol–water partition coefficient (Wildman–Crippen LogP) is 0.810. The summed E-state index contributed by atoms with van der Waals surface area (Å²) in [5.41, 5.74) is 0. The fourth-order valence-electron chi connectivity index (χ4n) is 2.66. The van der Waals surface area contributed by atoms with Gasteiger partial charge in [0, 0.05) is 12.6 Å². The number of amides is 1. The van der Waals surface area contributed by atoms with Crippen LogP contribution in [0.25, 0.3) is 0 Å². The van der Waals surface area contributed by atoms with E-state index < -0.39 is 0 Å². The first-order valence-corrected chi connectivity index (χ1v) is 7.50. The Hall–Kier alpha value is -1.47. The van der Waals surface area contributed by atoms with Crippen LogP contribution in [0.2, 0.25) is 0 Å². The second-order valence-corrected chi connectivity index (χ2v) is 6.09. The molecule has 0 aliphatic carbocycles. The summed E-state index contributed by atoms with van der Waals surface area (Å²) in [4.78, 5) is 18.4. The van der Waals surface area contributed by atoms with Crippen LogP contribution < -0.4 is 10.6 Å².